The molecule has 4 rings (SSSR count). The molecule has 1 aliphatic rings. The summed E-state index contributed by atoms with van der Waals surface area (Å²) >= 11 is 0. The lowest BCUT2D eigenvalue weighted by Crippen LogP contribution is -1.98. The largest absolute Gasteiger partial charge is 0.504 e. The van der Waals surface area contributed by atoms with E-state index in [0.29, 0.717) is 33.7 Å². The summed E-state index contributed by atoms with van der Waals surface area (Å²) in [4.78, 5) is 4.57. The Morgan fingerprint density at radius 2 is 1.29 bits per heavy atom. The van der Waals surface area contributed by atoms with Gasteiger partial charge in [0, 0.05) is 5.56 Å². The van der Waals surface area contributed by atoms with E-state index in [2.05, 4.69) is 4.99 Å². The third-order valence-corrected chi connectivity index (χ3v) is 4.05. The predicted octanol–water partition coefficient (Wildman–Crippen LogP) is 3.66. The predicted molar refractivity (Wildman–Crippen MR) is 90.3 cm³/mol. The quantitative estimate of drug-likeness (QED) is 0.403. The van der Waals surface area contributed by atoms with E-state index >= 15 is 0 Å². The summed E-state index contributed by atoms with van der Waals surface area (Å²) in [5.41, 5.74) is 3.30. The monoisotopic (exact) mass is 319 g/mol. The second kappa shape index (κ2) is 5.03. The minimum absolute atomic E-state index is 0.254. The number of phenols is 4. The van der Waals surface area contributed by atoms with Gasteiger partial charge >= 0.3 is 0 Å². The van der Waals surface area contributed by atoms with Crippen LogP contribution in [-0.4, -0.2) is 26.1 Å². The van der Waals surface area contributed by atoms with Crippen molar-refractivity contribution in [1.29, 1.82) is 0 Å². The summed E-state index contributed by atoms with van der Waals surface area (Å²) in [5.74, 6) is -1.06. The first-order valence-electron chi connectivity index (χ1n) is 7.32. The van der Waals surface area contributed by atoms with Crippen molar-refractivity contribution in [3.63, 3.8) is 0 Å². The van der Waals surface area contributed by atoms with Crippen molar-refractivity contribution in [3.8, 4) is 34.1 Å². The molecule has 0 radical (unpaired) electrons. The highest BCUT2D eigenvalue weighted by atomic mass is 16.3. The Labute approximate surface area is 137 Å². The van der Waals surface area contributed by atoms with Crippen LogP contribution in [0.4, 0.5) is 5.69 Å². The molecular weight excluding hydrogens is 306 g/mol. The first-order valence-corrected chi connectivity index (χ1v) is 7.32. The summed E-state index contributed by atoms with van der Waals surface area (Å²) in [6.07, 6.45) is 0. The fraction of sp³-hybridized carbons (Fsp3) is 0. The van der Waals surface area contributed by atoms with E-state index in [1.54, 1.807) is 6.07 Å². The van der Waals surface area contributed by atoms with Crippen LogP contribution in [0.3, 0.4) is 0 Å². The minimum atomic E-state index is -0.280. The number of phenolic OH excluding ortho intramolecular Hbond substituents is 4. The molecule has 5 nitrogen and oxygen atoms in total. The van der Waals surface area contributed by atoms with Gasteiger partial charge in [-0.25, -0.2) is 4.99 Å². The number of hydrogen-bond donors (Lipinski definition) is 4. The van der Waals surface area contributed by atoms with Crippen molar-refractivity contribution in [2.45, 2.75) is 0 Å². The van der Waals surface area contributed by atoms with Gasteiger partial charge in [-0.05, 0) is 47.5 Å². The normalized spacial score (nSPS) is 13.8. The van der Waals surface area contributed by atoms with Gasteiger partial charge in [0.05, 0.1) is 17.0 Å². The Hall–Kier alpha value is -3.47. The number of hydrogen-bond acceptors (Lipinski definition) is 5. The maximum absolute atomic E-state index is 10.3. The van der Waals surface area contributed by atoms with E-state index in [-0.39, 0.29) is 23.0 Å². The SMILES string of the molecule is Oc1cc2c(cc1O)-c1ccc(O)c(O)c1C2=Nc1ccccc1. The topological polar surface area (TPSA) is 93.3 Å². The van der Waals surface area contributed by atoms with Crippen molar-refractivity contribution >= 4 is 11.4 Å². The average molecular weight is 319 g/mol. The second-order valence-electron chi connectivity index (χ2n) is 5.54. The molecule has 0 aromatic heterocycles. The molecule has 3 aromatic rings. The van der Waals surface area contributed by atoms with Gasteiger partial charge in [0.25, 0.3) is 0 Å². The molecule has 0 spiro atoms. The van der Waals surface area contributed by atoms with Gasteiger partial charge in [-0.1, -0.05) is 18.2 Å². The Kier molecular flexibility index (Phi) is 2.96. The number of para-hydroxylation sites is 1. The first kappa shape index (κ1) is 14.1. The summed E-state index contributed by atoms with van der Waals surface area (Å²) in [6.45, 7) is 0. The van der Waals surface area contributed by atoms with Crippen LogP contribution in [0.1, 0.15) is 11.1 Å². The Bertz CT molecular complexity index is 994. The molecule has 0 fully saturated rings. The van der Waals surface area contributed by atoms with E-state index < -0.39 is 0 Å². The van der Waals surface area contributed by atoms with Crippen molar-refractivity contribution in [1.82, 2.24) is 0 Å². The van der Waals surface area contributed by atoms with Crippen molar-refractivity contribution in [2.24, 2.45) is 4.99 Å². The molecular formula is C19H13NO4. The van der Waals surface area contributed by atoms with Crippen LogP contribution in [0.2, 0.25) is 0 Å². The summed E-state index contributed by atoms with van der Waals surface area (Å²) in [5, 5.41) is 39.8. The number of aromatic hydroxyl groups is 4. The van der Waals surface area contributed by atoms with E-state index in [1.807, 2.05) is 30.3 Å². The average Bonchev–Trinajstić information content (AvgIpc) is 2.86. The smallest absolute Gasteiger partial charge is 0.167 e. The van der Waals surface area contributed by atoms with Crippen molar-refractivity contribution < 1.29 is 20.4 Å². The number of aliphatic imine (C=N–C) groups is 1. The highest BCUT2D eigenvalue weighted by Crippen LogP contribution is 2.48. The zero-order valence-electron chi connectivity index (χ0n) is 12.4. The number of rotatable bonds is 1. The van der Waals surface area contributed by atoms with Gasteiger partial charge < -0.3 is 20.4 Å². The molecule has 3 aromatic carbocycles. The molecule has 1 aliphatic carbocycles. The maximum Gasteiger partial charge on any atom is 0.167 e. The summed E-state index contributed by atoms with van der Waals surface area (Å²) in [7, 11) is 0. The molecule has 24 heavy (non-hydrogen) atoms. The maximum atomic E-state index is 10.3. The fourth-order valence-corrected chi connectivity index (χ4v) is 2.92. The summed E-state index contributed by atoms with van der Waals surface area (Å²) in [6, 6.07) is 15.0. The lowest BCUT2D eigenvalue weighted by atomic mass is 10.0. The van der Waals surface area contributed by atoms with E-state index in [0.717, 1.165) is 0 Å². The van der Waals surface area contributed by atoms with Crippen LogP contribution in [-0.2, 0) is 0 Å². The highest BCUT2D eigenvalue weighted by Gasteiger charge is 2.30. The number of benzene rings is 3. The van der Waals surface area contributed by atoms with E-state index in [9.17, 15) is 20.4 Å². The highest BCUT2D eigenvalue weighted by molar-refractivity contribution is 6.27. The van der Waals surface area contributed by atoms with Crippen molar-refractivity contribution in [3.05, 3.63) is 65.7 Å². The van der Waals surface area contributed by atoms with E-state index in [1.165, 1.54) is 18.2 Å². The zero-order chi connectivity index (χ0) is 16.8. The molecule has 0 bridgehead atoms. The molecule has 0 unspecified atom stereocenters. The Balaban J connectivity index is 2.06. The lowest BCUT2D eigenvalue weighted by molar-refractivity contribution is 0.403. The van der Waals surface area contributed by atoms with E-state index in [4.69, 9.17) is 0 Å². The third kappa shape index (κ3) is 1.99. The molecule has 118 valence electrons. The Morgan fingerprint density at radius 3 is 2.00 bits per heavy atom. The molecule has 0 amide bonds. The molecule has 0 heterocycles. The van der Waals surface area contributed by atoms with Crippen LogP contribution in [0.25, 0.3) is 11.1 Å². The molecule has 0 saturated carbocycles. The van der Waals surface area contributed by atoms with Gasteiger partial charge in [-0.3, -0.25) is 0 Å². The second-order valence-corrected chi connectivity index (χ2v) is 5.54. The fourth-order valence-electron chi connectivity index (χ4n) is 2.92. The summed E-state index contributed by atoms with van der Waals surface area (Å²) < 4.78 is 0. The van der Waals surface area contributed by atoms with Gasteiger partial charge in [0.1, 0.15) is 0 Å². The standard InChI is InChI=1S/C19H13NO4/c21-14-7-6-11-12-8-15(22)16(23)9-13(12)18(17(11)19(14)24)20-10-4-2-1-3-5-10/h1-9,21-24H. The van der Waals surface area contributed by atoms with Crippen molar-refractivity contribution in [2.75, 3.05) is 0 Å². The molecule has 0 saturated heterocycles. The van der Waals surface area contributed by atoms with Crippen LogP contribution >= 0.6 is 0 Å². The van der Waals surface area contributed by atoms with Gasteiger partial charge in [0.15, 0.2) is 23.0 Å². The Morgan fingerprint density at radius 1 is 0.625 bits per heavy atom. The zero-order valence-corrected chi connectivity index (χ0v) is 12.4. The first-order chi connectivity index (χ1) is 11.6. The third-order valence-electron chi connectivity index (χ3n) is 4.05. The molecule has 0 aliphatic heterocycles. The number of fused-ring (bicyclic) bond motifs is 3. The molecule has 5 heteroatoms. The van der Waals surface area contributed by atoms with Crippen LogP contribution in [0.15, 0.2) is 59.6 Å². The van der Waals surface area contributed by atoms with Crippen LogP contribution in [0, 0.1) is 0 Å². The lowest BCUT2D eigenvalue weighted by Gasteiger charge is -2.06. The molecule has 4 N–H and O–H groups in total. The van der Waals surface area contributed by atoms with Gasteiger partial charge in [-0.2, -0.15) is 0 Å². The number of nitrogens with zero attached hydrogens (tertiary/aromatic N) is 1. The van der Waals surface area contributed by atoms with Crippen LogP contribution < -0.4 is 0 Å². The van der Waals surface area contributed by atoms with Gasteiger partial charge in [-0.15, -0.1) is 0 Å². The molecule has 0 atom stereocenters. The van der Waals surface area contributed by atoms with Gasteiger partial charge in [0.2, 0.25) is 0 Å². The minimum Gasteiger partial charge on any atom is -0.504 e. The van der Waals surface area contributed by atoms with Crippen LogP contribution in [0.5, 0.6) is 23.0 Å².